The number of hydrogen-bond acceptors (Lipinski definition) is 2. The van der Waals surface area contributed by atoms with E-state index in [1.165, 1.54) is 36.9 Å². The predicted octanol–water partition coefficient (Wildman–Crippen LogP) is 3.62. The van der Waals surface area contributed by atoms with E-state index < -0.39 is 0 Å². The molecule has 0 amide bonds. The summed E-state index contributed by atoms with van der Waals surface area (Å²) in [6.07, 6.45) is 14.4. The van der Waals surface area contributed by atoms with Crippen LogP contribution >= 0.6 is 0 Å². The summed E-state index contributed by atoms with van der Waals surface area (Å²) in [6.45, 7) is 2.18. The van der Waals surface area contributed by atoms with Crippen molar-refractivity contribution >= 4 is 0 Å². The Morgan fingerprint density at radius 3 is 2.79 bits per heavy atom. The predicted molar refractivity (Wildman–Crippen MR) is 75.9 cm³/mol. The Balaban J connectivity index is 1.68. The first-order valence-electron chi connectivity index (χ1n) is 7.25. The quantitative estimate of drug-likeness (QED) is 0.835. The molecule has 2 heterocycles. The third-order valence-corrected chi connectivity index (χ3v) is 4.27. The number of nitrogens with zero attached hydrogens (tertiary/aromatic N) is 3. The summed E-state index contributed by atoms with van der Waals surface area (Å²) in [5.74, 6) is 0.865. The van der Waals surface area contributed by atoms with E-state index in [0.29, 0.717) is 6.04 Å². The Morgan fingerprint density at radius 2 is 2.16 bits per heavy atom. The van der Waals surface area contributed by atoms with Crippen LogP contribution in [-0.2, 0) is 6.42 Å². The van der Waals surface area contributed by atoms with Gasteiger partial charge in [0.05, 0.1) is 12.4 Å². The fraction of sp³-hybridized carbons (Fsp3) is 0.500. The maximum Gasteiger partial charge on any atom is 0.0951 e. The van der Waals surface area contributed by atoms with Gasteiger partial charge in [0.2, 0.25) is 0 Å². The molecule has 3 rings (SSSR count). The van der Waals surface area contributed by atoms with Crippen LogP contribution in [-0.4, -0.2) is 14.5 Å². The standard InChI is InChI=1S/C16H21N3/c1-13(19-9-8-17-12-19)15-6-7-16(18-11-15)10-14-4-2-3-5-14/h6-9,11-14H,2-5,10H2,1H3. The van der Waals surface area contributed by atoms with Crippen molar-refractivity contribution in [1.82, 2.24) is 14.5 Å². The van der Waals surface area contributed by atoms with Crippen LogP contribution in [0.25, 0.3) is 0 Å². The highest BCUT2D eigenvalue weighted by atomic mass is 15.0. The van der Waals surface area contributed by atoms with Crippen LogP contribution in [0.2, 0.25) is 0 Å². The van der Waals surface area contributed by atoms with Gasteiger partial charge in [0.15, 0.2) is 0 Å². The molecule has 100 valence electrons. The highest BCUT2D eigenvalue weighted by Crippen LogP contribution is 2.27. The lowest BCUT2D eigenvalue weighted by Crippen LogP contribution is -2.06. The molecule has 3 nitrogen and oxygen atoms in total. The van der Waals surface area contributed by atoms with Crippen LogP contribution in [0, 0.1) is 5.92 Å². The highest BCUT2D eigenvalue weighted by molar-refractivity contribution is 5.18. The molecular weight excluding hydrogens is 234 g/mol. The van der Waals surface area contributed by atoms with E-state index in [0.717, 1.165) is 12.3 Å². The monoisotopic (exact) mass is 255 g/mol. The summed E-state index contributed by atoms with van der Waals surface area (Å²) in [7, 11) is 0. The first-order valence-corrected chi connectivity index (χ1v) is 7.25. The van der Waals surface area contributed by atoms with Gasteiger partial charge in [-0.1, -0.05) is 31.7 Å². The molecule has 19 heavy (non-hydrogen) atoms. The van der Waals surface area contributed by atoms with Gasteiger partial charge >= 0.3 is 0 Å². The third-order valence-electron chi connectivity index (χ3n) is 4.27. The molecule has 3 heteroatoms. The lowest BCUT2D eigenvalue weighted by Gasteiger charge is -2.14. The summed E-state index contributed by atoms with van der Waals surface area (Å²) in [5, 5.41) is 0. The SMILES string of the molecule is CC(c1ccc(CC2CCCC2)nc1)n1ccnc1. The van der Waals surface area contributed by atoms with Gasteiger partial charge in [0.1, 0.15) is 0 Å². The van der Waals surface area contributed by atoms with Crippen LogP contribution in [0.3, 0.4) is 0 Å². The van der Waals surface area contributed by atoms with Crippen LogP contribution in [0.5, 0.6) is 0 Å². The number of aromatic nitrogens is 3. The van der Waals surface area contributed by atoms with Gasteiger partial charge in [0.25, 0.3) is 0 Å². The largest absolute Gasteiger partial charge is 0.330 e. The molecule has 1 fully saturated rings. The Bertz CT molecular complexity index is 495. The average Bonchev–Trinajstić information content (AvgIpc) is 3.12. The smallest absolute Gasteiger partial charge is 0.0951 e. The molecule has 1 atom stereocenters. The van der Waals surface area contributed by atoms with Crippen LogP contribution < -0.4 is 0 Å². The molecule has 0 radical (unpaired) electrons. The average molecular weight is 255 g/mol. The van der Waals surface area contributed by atoms with Gasteiger partial charge in [-0.25, -0.2) is 4.98 Å². The Labute approximate surface area is 114 Å². The van der Waals surface area contributed by atoms with E-state index >= 15 is 0 Å². The van der Waals surface area contributed by atoms with Crippen LogP contribution in [0.4, 0.5) is 0 Å². The lowest BCUT2D eigenvalue weighted by atomic mass is 10.0. The first-order chi connectivity index (χ1) is 9.33. The van der Waals surface area contributed by atoms with Crippen molar-refractivity contribution in [2.45, 2.75) is 45.1 Å². The van der Waals surface area contributed by atoms with Crippen molar-refractivity contribution < 1.29 is 0 Å². The number of rotatable bonds is 4. The number of imidazole rings is 1. The molecule has 2 aromatic heterocycles. The van der Waals surface area contributed by atoms with E-state index in [2.05, 4.69) is 33.6 Å². The van der Waals surface area contributed by atoms with Gasteiger partial charge in [-0.05, 0) is 30.9 Å². The second-order valence-corrected chi connectivity index (χ2v) is 5.62. The molecular formula is C16H21N3. The maximum absolute atomic E-state index is 4.64. The van der Waals surface area contributed by atoms with Crippen molar-refractivity contribution in [1.29, 1.82) is 0 Å². The molecule has 1 aliphatic carbocycles. The first kappa shape index (κ1) is 12.4. The molecule has 1 saturated carbocycles. The minimum absolute atomic E-state index is 0.301. The molecule has 0 bridgehead atoms. The van der Waals surface area contributed by atoms with Crippen LogP contribution in [0.1, 0.15) is 49.9 Å². The van der Waals surface area contributed by atoms with Crippen molar-refractivity contribution in [2.24, 2.45) is 5.92 Å². The van der Waals surface area contributed by atoms with Gasteiger partial charge in [-0.3, -0.25) is 4.98 Å². The minimum Gasteiger partial charge on any atom is -0.330 e. The number of hydrogen-bond donors (Lipinski definition) is 0. The van der Waals surface area contributed by atoms with Crippen molar-refractivity contribution in [2.75, 3.05) is 0 Å². The van der Waals surface area contributed by atoms with E-state index in [9.17, 15) is 0 Å². The fourth-order valence-corrected chi connectivity index (χ4v) is 2.98. The summed E-state index contributed by atoms with van der Waals surface area (Å²) in [6, 6.07) is 4.71. The van der Waals surface area contributed by atoms with Gasteiger partial charge in [0, 0.05) is 24.3 Å². The second-order valence-electron chi connectivity index (χ2n) is 5.62. The van der Waals surface area contributed by atoms with Crippen molar-refractivity contribution in [3.63, 3.8) is 0 Å². The van der Waals surface area contributed by atoms with E-state index in [4.69, 9.17) is 0 Å². The molecule has 0 aliphatic heterocycles. The molecule has 0 saturated heterocycles. The summed E-state index contributed by atoms with van der Waals surface area (Å²) >= 11 is 0. The molecule has 2 aromatic rings. The zero-order chi connectivity index (χ0) is 13.1. The maximum atomic E-state index is 4.64. The summed E-state index contributed by atoms with van der Waals surface area (Å²) < 4.78 is 2.10. The minimum atomic E-state index is 0.301. The topological polar surface area (TPSA) is 30.7 Å². The van der Waals surface area contributed by atoms with Gasteiger partial charge in [-0.15, -0.1) is 0 Å². The highest BCUT2D eigenvalue weighted by Gasteiger charge is 2.16. The Kier molecular flexibility index (Phi) is 3.62. The normalized spacial score (nSPS) is 17.7. The van der Waals surface area contributed by atoms with E-state index in [1.807, 2.05) is 24.9 Å². The fourth-order valence-electron chi connectivity index (χ4n) is 2.98. The zero-order valence-electron chi connectivity index (χ0n) is 11.5. The second kappa shape index (κ2) is 5.55. The summed E-state index contributed by atoms with van der Waals surface area (Å²) in [4.78, 5) is 8.74. The molecule has 0 N–H and O–H groups in total. The Hall–Kier alpha value is -1.64. The zero-order valence-corrected chi connectivity index (χ0v) is 11.5. The van der Waals surface area contributed by atoms with Crippen LogP contribution in [0.15, 0.2) is 37.1 Å². The summed E-state index contributed by atoms with van der Waals surface area (Å²) in [5.41, 5.74) is 2.49. The van der Waals surface area contributed by atoms with Gasteiger partial charge < -0.3 is 4.57 Å². The van der Waals surface area contributed by atoms with Crippen molar-refractivity contribution in [3.05, 3.63) is 48.3 Å². The lowest BCUT2D eigenvalue weighted by molar-refractivity contribution is 0.538. The van der Waals surface area contributed by atoms with Gasteiger partial charge in [-0.2, -0.15) is 0 Å². The van der Waals surface area contributed by atoms with Crippen molar-refractivity contribution in [3.8, 4) is 0 Å². The molecule has 0 aromatic carbocycles. The third kappa shape index (κ3) is 2.86. The molecule has 0 spiro atoms. The molecule has 1 aliphatic rings. The van der Waals surface area contributed by atoms with E-state index in [-0.39, 0.29) is 0 Å². The number of pyridine rings is 1. The van der Waals surface area contributed by atoms with E-state index in [1.54, 1.807) is 0 Å². The molecule has 1 unspecified atom stereocenters. The Morgan fingerprint density at radius 1 is 1.32 bits per heavy atom.